The van der Waals surface area contributed by atoms with Crippen molar-refractivity contribution in [3.8, 4) is 0 Å². The minimum absolute atomic E-state index is 0.217. The average molecular weight is 264 g/mol. The Morgan fingerprint density at radius 3 is 3.11 bits per heavy atom. The number of halogens is 1. The van der Waals surface area contributed by atoms with Gasteiger partial charge in [0.2, 0.25) is 0 Å². The summed E-state index contributed by atoms with van der Waals surface area (Å²) in [5.74, 6) is 0.578. The van der Waals surface area contributed by atoms with Crippen molar-refractivity contribution in [3.63, 3.8) is 0 Å². The minimum Gasteiger partial charge on any atom is -0.359 e. The van der Waals surface area contributed by atoms with Gasteiger partial charge in [-0.3, -0.25) is 0 Å². The van der Waals surface area contributed by atoms with Gasteiger partial charge in [0.1, 0.15) is 5.82 Å². The number of hydrogen-bond donors (Lipinski definition) is 1. The van der Waals surface area contributed by atoms with Crippen LogP contribution in [0.4, 0.5) is 9.52 Å². The van der Waals surface area contributed by atoms with Gasteiger partial charge < -0.3 is 5.32 Å². The summed E-state index contributed by atoms with van der Waals surface area (Å²) in [6.45, 7) is 2.31. The highest BCUT2D eigenvalue weighted by Crippen LogP contribution is 2.30. The SMILES string of the molecule is CC1CCCC(Nc2nc3cc(F)ccc3s2)C1. The Balaban J connectivity index is 1.78. The first-order chi connectivity index (χ1) is 8.70. The van der Waals surface area contributed by atoms with Crippen LogP contribution in [0, 0.1) is 11.7 Å². The van der Waals surface area contributed by atoms with Gasteiger partial charge in [-0.2, -0.15) is 0 Å². The van der Waals surface area contributed by atoms with Crippen molar-refractivity contribution >= 4 is 26.7 Å². The van der Waals surface area contributed by atoms with Crippen molar-refractivity contribution in [1.29, 1.82) is 0 Å². The van der Waals surface area contributed by atoms with Crippen LogP contribution in [0.25, 0.3) is 10.2 Å². The molecule has 0 aliphatic heterocycles. The van der Waals surface area contributed by atoms with Crippen molar-refractivity contribution in [1.82, 2.24) is 4.98 Å². The predicted octanol–water partition coefficient (Wildman–Crippen LogP) is 4.43. The number of nitrogens with one attached hydrogen (secondary N) is 1. The molecule has 1 fully saturated rings. The highest BCUT2D eigenvalue weighted by molar-refractivity contribution is 7.22. The summed E-state index contributed by atoms with van der Waals surface area (Å²) in [6.07, 6.45) is 5.06. The van der Waals surface area contributed by atoms with E-state index in [-0.39, 0.29) is 5.82 Å². The molecule has 0 spiro atoms. The van der Waals surface area contributed by atoms with E-state index in [4.69, 9.17) is 0 Å². The van der Waals surface area contributed by atoms with Gasteiger partial charge in [-0.05, 0) is 30.9 Å². The zero-order valence-corrected chi connectivity index (χ0v) is 11.3. The lowest BCUT2D eigenvalue weighted by molar-refractivity contribution is 0.358. The quantitative estimate of drug-likeness (QED) is 0.868. The summed E-state index contributed by atoms with van der Waals surface area (Å²) in [5, 5.41) is 4.43. The van der Waals surface area contributed by atoms with Crippen molar-refractivity contribution in [2.45, 2.75) is 38.6 Å². The molecule has 18 heavy (non-hydrogen) atoms. The molecule has 1 aliphatic rings. The molecule has 1 aromatic heterocycles. The Morgan fingerprint density at radius 2 is 2.28 bits per heavy atom. The van der Waals surface area contributed by atoms with E-state index in [2.05, 4.69) is 17.2 Å². The maximum atomic E-state index is 13.1. The van der Waals surface area contributed by atoms with Crippen LogP contribution in [0.3, 0.4) is 0 Å². The molecule has 0 amide bonds. The van der Waals surface area contributed by atoms with Crippen LogP contribution in [-0.4, -0.2) is 11.0 Å². The van der Waals surface area contributed by atoms with Crippen LogP contribution in [-0.2, 0) is 0 Å². The highest BCUT2D eigenvalue weighted by Gasteiger charge is 2.19. The first-order valence-corrected chi connectivity index (χ1v) is 7.35. The zero-order valence-electron chi connectivity index (χ0n) is 10.4. The van der Waals surface area contributed by atoms with Gasteiger partial charge in [0.05, 0.1) is 10.2 Å². The van der Waals surface area contributed by atoms with Crippen LogP contribution in [0.2, 0.25) is 0 Å². The van der Waals surface area contributed by atoms with Crippen molar-refractivity contribution < 1.29 is 4.39 Å². The second-order valence-corrected chi connectivity index (χ2v) is 6.27. The lowest BCUT2D eigenvalue weighted by Gasteiger charge is -2.27. The van der Waals surface area contributed by atoms with Gasteiger partial charge in [0.25, 0.3) is 0 Å². The van der Waals surface area contributed by atoms with E-state index in [1.807, 2.05) is 0 Å². The average Bonchev–Trinajstić information content (AvgIpc) is 2.70. The van der Waals surface area contributed by atoms with Gasteiger partial charge in [-0.25, -0.2) is 9.37 Å². The van der Waals surface area contributed by atoms with Gasteiger partial charge in [-0.15, -0.1) is 0 Å². The van der Waals surface area contributed by atoms with E-state index in [9.17, 15) is 4.39 Å². The minimum atomic E-state index is -0.217. The van der Waals surface area contributed by atoms with Crippen LogP contribution in [0.1, 0.15) is 32.6 Å². The third-order valence-corrected chi connectivity index (χ3v) is 4.58. The number of hydrogen-bond acceptors (Lipinski definition) is 3. The maximum Gasteiger partial charge on any atom is 0.184 e. The predicted molar refractivity (Wildman–Crippen MR) is 74.6 cm³/mol. The summed E-state index contributed by atoms with van der Waals surface area (Å²) in [7, 11) is 0. The first kappa shape index (κ1) is 11.9. The highest BCUT2D eigenvalue weighted by atomic mass is 32.1. The molecule has 0 radical (unpaired) electrons. The van der Waals surface area contributed by atoms with Crippen molar-refractivity contribution in [3.05, 3.63) is 24.0 Å². The second-order valence-electron chi connectivity index (χ2n) is 5.24. The summed E-state index contributed by atoms with van der Waals surface area (Å²) in [4.78, 5) is 4.46. The summed E-state index contributed by atoms with van der Waals surface area (Å²) >= 11 is 1.61. The lowest BCUT2D eigenvalue weighted by atomic mass is 9.87. The van der Waals surface area contributed by atoms with E-state index in [1.165, 1.54) is 37.8 Å². The molecule has 1 aliphatic carbocycles. The zero-order chi connectivity index (χ0) is 12.5. The van der Waals surface area contributed by atoms with Gasteiger partial charge in [0, 0.05) is 12.1 Å². The number of rotatable bonds is 2. The summed E-state index contributed by atoms with van der Waals surface area (Å²) in [6, 6.07) is 5.32. The normalized spacial score (nSPS) is 24.3. The largest absolute Gasteiger partial charge is 0.359 e. The topological polar surface area (TPSA) is 24.9 Å². The molecule has 1 heterocycles. The van der Waals surface area contributed by atoms with Crippen molar-refractivity contribution in [2.75, 3.05) is 5.32 Å². The molecule has 1 saturated carbocycles. The van der Waals surface area contributed by atoms with E-state index in [1.54, 1.807) is 17.4 Å². The fraction of sp³-hybridized carbons (Fsp3) is 0.500. The Bertz CT molecular complexity index is 552. The maximum absolute atomic E-state index is 13.1. The molecule has 0 bridgehead atoms. The molecule has 2 nitrogen and oxygen atoms in total. The summed E-state index contributed by atoms with van der Waals surface area (Å²) < 4.78 is 14.1. The second kappa shape index (κ2) is 4.84. The van der Waals surface area contributed by atoms with E-state index in [0.717, 1.165) is 21.3 Å². The lowest BCUT2D eigenvalue weighted by Crippen LogP contribution is -2.25. The van der Waals surface area contributed by atoms with Crippen LogP contribution in [0.15, 0.2) is 18.2 Å². The molecule has 3 rings (SSSR count). The van der Waals surface area contributed by atoms with Gasteiger partial charge in [-0.1, -0.05) is 31.1 Å². The molecule has 96 valence electrons. The smallest absolute Gasteiger partial charge is 0.184 e. The first-order valence-electron chi connectivity index (χ1n) is 6.53. The molecule has 2 atom stereocenters. The molecule has 0 saturated heterocycles. The van der Waals surface area contributed by atoms with E-state index >= 15 is 0 Å². The fourth-order valence-corrected chi connectivity index (χ4v) is 3.63. The van der Waals surface area contributed by atoms with E-state index < -0.39 is 0 Å². The Labute approximate surface area is 110 Å². The summed E-state index contributed by atoms with van der Waals surface area (Å²) in [5.41, 5.74) is 0.756. The molecule has 4 heteroatoms. The molecule has 1 N–H and O–H groups in total. The Morgan fingerprint density at radius 1 is 1.39 bits per heavy atom. The standard InChI is InChI=1S/C14H17FN2S/c1-9-3-2-4-11(7-9)16-14-17-12-8-10(15)5-6-13(12)18-14/h5-6,8-9,11H,2-4,7H2,1H3,(H,16,17). The number of anilines is 1. The third kappa shape index (κ3) is 2.48. The number of benzene rings is 1. The third-order valence-electron chi connectivity index (χ3n) is 3.61. The molecular weight excluding hydrogens is 247 g/mol. The van der Waals surface area contributed by atoms with Gasteiger partial charge in [0.15, 0.2) is 5.13 Å². The van der Waals surface area contributed by atoms with Crippen LogP contribution < -0.4 is 5.32 Å². The number of fused-ring (bicyclic) bond motifs is 1. The van der Waals surface area contributed by atoms with Gasteiger partial charge >= 0.3 is 0 Å². The van der Waals surface area contributed by atoms with Crippen LogP contribution in [0.5, 0.6) is 0 Å². The number of aromatic nitrogens is 1. The molecule has 1 aromatic carbocycles. The Hall–Kier alpha value is -1.16. The van der Waals surface area contributed by atoms with E-state index in [0.29, 0.717) is 6.04 Å². The molecule has 2 aromatic rings. The molecular formula is C14H17FN2S. The van der Waals surface area contributed by atoms with Crippen LogP contribution >= 0.6 is 11.3 Å². The molecule has 2 unspecified atom stereocenters. The van der Waals surface area contributed by atoms with Crippen molar-refractivity contribution in [2.24, 2.45) is 5.92 Å². The number of thiazole rings is 1. The fourth-order valence-electron chi connectivity index (χ4n) is 2.70. The number of nitrogens with zero attached hydrogens (tertiary/aromatic N) is 1. The monoisotopic (exact) mass is 264 g/mol. The Kier molecular flexibility index (Phi) is 3.20.